The summed E-state index contributed by atoms with van der Waals surface area (Å²) in [4.78, 5) is 33.6. The molecule has 0 fully saturated rings. The zero-order valence-corrected chi connectivity index (χ0v) is 26.2. The lowest BCUT2D eigenvalue weighted by Crippen LogP contribution is -2.40. The Bertz CT molecular complexity index is 1960. The van der Waals surface area contributed by atoms with Crippen molar-refractivity contribution in [1.29, 1.82) is 5.26 Å². The smallest absolute Gasteiger partial charge is 0.338 e. The second-order valence-corrected chi connectivity index (χ2v) is 13.0. The highest BCUT2D eigenvalue weighted by atomic mass is 35.5. The average Bonchev–Trinajstić information content (AvgIpc) is 3.47. The van der Waals surface area contributed by atoms with Crippen molar-refractivity contribution in [2.45, 2.75) is 60.6 Å². The number of fused-ring (bicyclic) bond motifs is 1. The Kier molecular flexibility index (Phi) is 7.68. The normalized spacial score (nSPS) is 15.2. The first kappa shape index (κ1) is 28.8. The highest BCUT2D eigenvalue weighted by molar-refractivity contribution is 7.15. The third-order valence-electron chi connectivity index (χ3n) is 7.21. The summed E-state index contributed by atoms with van der Waals surface area (Å²) in [7, 11) is 0. The molecule has 1 aromatic carbocycles. The van der Waals surface area contributed by atoms with Crippen molar-refractivity contribution < 1.29 is 9.53 Å². The maximum absolute atomic E-state index is 14.0. The van der Waals surface area contributed by atoms with Crippen molar-refractivity contribution in [2.24, 2.45) is 4.99 Å². The van der Waals surface area contributed by atoms with Crippen molar-refractivity contribution in [2.75, 3.05) is 0 Å². The van der Waals surface area contributed by atoms with Gasteiger partial charge in [-0.15, -0.1) is 11.3 Å². The molecule has 0 saturated heterocycles. The second-order valence-electron chi connectivity index (χ2n) is 10.3. The van der Waals surface area contributed by atoms with Gasteiger partial charge in [0.25, 0.3) is 5.56 Å². The van der Waals surface area contributed by atoms with E-state index in [1.54, 1.807) is 48.8 Å². The van der Waals surface area contributed by atoms with Crippen molar-refractivity contribution in [1.82, 2.24) is 9.13 Å². The van der Waals surface area contributed by atoms with Crippen LogP contribution in [0.15, 0.2) is 51.4 Å². The summed E-state index contributed by atoms with van der Waals surface area (Å²) in [5.41, 5.74) is 5.74. The number of allylic oxidation sites excluding steroid dienone is 1. The molecule has 4 heterocycles. The van der Waals surface area contributed by atoms with Crippen LogP contribution in [0.1, 0.15) is 65.3 Å². The molecular formula is C31H29ClN4O3S2. The Morgan fingerprint density at radius 1 is 1.15 bits per heavy atom. The molecule has 0 unspecified atom stereocenters. The maximum Gasteiger partial charge on any atom is 0.338 e. The van der Waals surface area contributed by atoms with E-state index in [4.69, 9.17) is 16.3 Å². The fourth-order valence-electron chi connectivity index (χ4n) is 5.11. The molecule has 41 heavy (non-hydrogen) atoms. The molecule has 1 aliphatic heterocycles. The van der Waals surface area contributed by atoms with Gasteiger partial charge in [0.2, 0.25) is 0 Å². The molecule has 1 atom stereocenters. The molecule has 0 amide bonds. The van der Waals surface area contributed by atoms with Crippen LogP contribution in [-0.4, -0.2) is 21.2 Å². The van der Waals surface area contributed by atoms with E-state index < -0.39 is 12.0 Å². The monoisotopic (exact) mass is 604 g/mol. The Morgan fingerprint density at radius 2 is 1.83 bits per heavy atom. The van der Waals surface area contributed by atoms with Gasteiger partial charge in [0.1, 0.15) is 11.1 Å². The molecule has 0 spiro atoms. The highest BCUT2D eigenvalue weighted by Crippen LogP contribution is 2.34. The van der Waals surface area contributed by atoms with Crippen LogP contribution in [-0.2, 0) is 9.53 Å². The molecule has 0 radical (unpaired) electrons. The molecule has 1 aliphatic rings. The van der Waals surface area contributed by atoms with Crippen molar-refractivity contribution in [3.8, 4) is 11.1 Å². The largest absolute Gasteiger partial charge is 0.459 e. The minimum absolute atomic E-state index is 0.249. The number of esters is 1. The first-order valence-electron chi connectivity index (χ1n) is 13.1. The van der Waals surface area contributed by atoms with Gasteiger partial charge in [-0.05, 0) is 89.4 Å². The second kappa shape index (κ2) is 10.9. The zero-order chi connectivity index (χ0) is 29.7. The Balaban J connectivity index is 1.70. The minimum atomic E-state index is -0.709. The first-order valence-corrected chi connectivity index (χ1v) is 15.1. The van der Waals surface area contributed by atoms with Gasteiger partial charge in [0, 0.05) is 21.3 Å². The number of ether oxygens (including phenoxy) is 1. The van der Waals surface area contributed by atoms with Gasteiger partial charge in [-0.3, -0.25) is 9.36 Å². The van der Waals surface area contributed by atoms with Gasteiger partial charge in [-0.25, -0.2) is 9.79 Å². The molecule has 3 aromatic heterocycles. The molecule has 4 aromatic rings. The number of carbonyl (C=O) groups is 1. The quantitative estimate of drug-likeness (QED) is 0.269. The van der Waals surface area contributed by atoms with Crippen LogP contribution in [0.5, 0.6) is 0 Å². The summed E-state index contributed by atoms with van der Waals surface area (Å²) < 4.78 is 9.71. The van der Waals surface area contributed by atoms with Crippen LogP contribution in [0.3, 0.4) is 0 Å². The van der Waals surface area contributed by atoms with Crippen LogP contribution in [0.4, 0.5) is 0 Å². The van der Waals surface area contributed by atoms with Gasteiger partial charge in [0.05, 0.1) is 33.5 Å². The highest BCUT2D eigenvalue weighted by Gasteiger charge is 2.34. The number of thiazole rings is 1. The molecule has 7 nitrogen and oxygen atoms in total. The van der Waals surface area contributed by atoms with E-state index in [1.807, 2.05) is 52.0 Å². The number of aryl methyl sites for hydroxylation is 2. The molecule has 10 heteroatoms. The summed E-state index contributed by atoms with van der Waals surface area (Å²) in [6.45, 7) is 13.3. The zero-order valence-electron chi connectivity index (χ0n) is 23.8. The van der Waals surface area contributed by atoms with Gasteiger partial charge >= 0.3 is 5.97 Å². The van der Waals surface area contributed by atoms with E-state index in [0.717, 1.165) is 38.0 Å². The predicted octanol–water partition coefficient (Wildman–Crippen LogP) is 5.80. The number of halogens is 1. The summed E-state index contributed by atoms with van der Waals surface area (Å²) >= 11 is 9.03. The van der Waals surface area contributed by atoms with Crippen molar-refractivity contribution >= 4 is 46.3 Å². The van der Waals surface area contributed by atoms with Gasteiger partial charge < -0.3 is 9.30 Å². The SMILES string of the molecule is CC1=C(C(=O)OC(C)C)[C@@H](c2ccc(Cl)cc2)n2c(s/c(=C/c3cc(C)n(-c4sc(C)c(C)c4C#N)c3C)c2=O)=N1. The fourth-order valence-corrected chi connectivity index (χ4v) is 7.49. The lowest BCUT2D eigenvalue weighted by molar-refractivity contribution is -0.143. The molecular weight excluding hydrogens is 576 g/mol. The number of thiophene rings is 1. The molecule has 0 N–H and O–H groups in total. The summed E-state index contributed by atoms with van der Waals surface area (Å²) in [5.74, 6) is -0.506. The molecule has 0 bridgehead atoms. The summed E-state index contributed by atoms with van der Waals surface area (Å²) in [6, 6.07) is 10.8. The number of carbonyl (C=O) groups excluding carboxylic acids is 1. The number of aromatic nitrogens is 2. The van der Waals surface area contributed by atoms with Crippen LogP contribution in [0.25, 0.3) is 11.1 Å². The van der Waals surface area contributed by atoms with E-state index in [1.165, 1.54) is 11.3 Å². The topological polar surface area (TPSA) is 89.4 Å². The molecule has 0 saturated carbocycles. The number of hydrogen-bond acceptors (Lipinski definition) is 7. The van der Waals surface area contributed by atoms with Crippen LogP contribution >= 0.6 is 34.3 Å². The predicted molar refractivity (Wildman–Crippen MR) is 164 cm³/mol. The lowest BCUT2D eigenvalue weighted by Gasteiger charge is -2.25. The van der Waals surface area contributed by atoms with Crippen LogP contribution < -0.4 is 14.9 Å². The first-order chi connectivity index (χ1) is 19.4. The van der Waals surface area contributed by atoms with E-state index in [0.29, 0.717) is 31.2 Å². The number of rotatable bonds is 5. The van der Waals surface area contributed by atoms with Crippen LogP contribution in [0.2, 0.25) is 5.02 Å². The Labute approximate surface area is 250 Å². The van der Waals surface area contributed by atoms with E-state index in [9.17, 15) is 14.9 Å². The number of nitriles is 1. The van der Waals surface area contributed by atoms with Gasteiger partial charge in [0.15, 0.2) is 4.80 Å². The third-order valence-corrected chi connectivity index (χ3v) is 9.64. The van der Waals surface area contributed by atoms with E-state index in [-0.39, 0.29) is 11.7 Å². The van der Waals surface area contributed by atoms with E-state index in [2.05, 4.69) is 15.6 Å². The fraction of sp³-hybridized carbons (Fsp3) is 0.290. The van der Waals surface area contributed by atoms with Crippen molar-refractivity contribution in [3.63, 3.8) is 0 Å². The minimum Gasteiger partial charge on any atom is -0.459 e. The summed E-state index contributed by atoms with van der Waals surface area (Å²) in [5, 5.41) is 11.3. The molecule has 5 rings (SSSR count). The Morgan fingerprint density at radius 3 is 2.46 bits per heavy atom. The Hall–Kier alpha value is -3.71. The average molecular weight is 605 g/mol. The number of nitrogens with zero attached hydrogens (tertiary/aromatic N) is 4. The summed E-state index contributed by atoms with van der Waals surface area (Å²) in [6.07, 6.45) is 1.54. The standard InChI is InChI=1S/C31H29ClN4O3S2/c1-15(2)39-30(38)26-18(5)34-31-36(27(26)21-8-10-23(32)11-9-21)28(37)25(41-31)13-22-12-16(3)35(19(22)6)29-24(14-33)17(4)20(7)40-29/h8-13,15,27H,1-7H3/b25-13+/t27-/m1/s1. The third kappa shape index (κ3) is 5.01. The molecule has 210 valence electrons. The number of hydrogen-bond donors (Lipinski definition) is 0. The van der Waals surface area contributed by atoms with Crippen molar-refractivity contribution in [3.05, 3.63) is 105 Å². The molecule has 0 aliphatic carbocycles. The van der Waals surface area contributed by atoms with Gasteiger partial charge in [-0.1, -0.05) is 35.1 Å². The van der Waals surface area contributed by atoms with Gasteiger partial charge in [-0.2, -0.15) is 5.26 Å². The lowest BCUT2D eigenvalue weighted by atomic mass is 9.96. The number of benzene rings is 1. The maximum atomic E-state index is 14.0. The van der Waals surface area contributed by atoms with E-state index >= 15 is 0 Å². The van der Waals surface area contributed by atoms with Crippen LogP contribution in [0, 0.1) is 39.0 Å².